The van der Waals surface area contributed by atoms with Crippen molar-refractivity contribution in [3.63, 3.8) is 0 Å². The first-order valence-electron chi connectivity index (χ1n) is 5.71. The Morgan fingerprint density at radius 3 is 3.18 bits per heavy atom. The fourth-order valence-electron chi connectivity index (χ4n) is 1.99. The van der Waals surface area contributed by atoms with E-state index in [0.29, 0.717) is 13.1 Å². The zero-order valence-corrected chi connectivity index (χ0v) is 10.2. The number of aryl methyl sites for hydroxylation is 1. The first-order valence-corrected chi connectivity index (χ1v) is 5.71. The fourth-order valence-corrected chi connectivity index (χ4v) is 1.99. The van der Waals surface area contributed by atoms with Gasteiger partial charge in [-0.15, -0.1) is 10.2 Å². The number of hydrogen-bond acceptors (Lipinski definition) is 5. The molecule has 1 unspecified atom stereocenters. The Kier molecular flexibility index (Phi) is 3.70. The van der Waals surface area contributed by atoms with E-state index >= 15 is 0 Å². The first kappa shape index (κ1) is 12.0. The maximum Gasteiger partial charge on any atom is 0.238 e. The molecule has 1 aliphatic heterocycles. The van der Waals surface area contributed by atoms with E-state index in [1.54, 1.807) is 13.4 Å². The highest BCUT2D eigenvalue weighted by Gasteiger charge is 2.28. The van der Waals surface area contributed by atoms with Crippen molar-refractivity contribution in [1.29, 1.82) is 0 Å². The maximum absolute atomic E-state index is 11.8. The molecule has 1 atom stereocenters. The molecule has 0 radical (unpaired) electrons. The second-order valence-corrected chi connectivity index (χ2v) is 4.16. The van der Waals surface area contributed by atoms with Crippen molar-refractivity contribution in [2.45, 2.75) is 12.6 Å². The summed E-state index contributed by atoms with van der Waals surface area (Å²) < 4.78 is 1.88. The van der Waals surface area contributed by atoms with Crippen LogP contribution in [-0.2, 0) is 18.4 Å². The first-order chi connectivity index (χ1) is 8.22. The van der Waals surface area contributed by atoms with Crippen LogP contribution in [0.5, 0.6) is 0 Å². The van der Waals surface area contributed by atoms with Gasteiger partial charge in [0.1, 0.15) is 18.2 Å². The monoisotopic (exact) mass is 238 g/mol. The second-order valence-electron chi connectivity index (χ2n) is 4.16. The minimum absolute atomic E-state index is 0.0411. The van der Waals surface area contributed by atoms with Crippen molar-refractivity contribution in [1.82, 2.24) is 30.3 Å². The topological polar surface area (TPSA) is 75.1 Å². The van der Waals surface area contributed by atoms with Crippen LogP contribution >= 0.6 is 0 Å². The number of nitrogens with one attached hydrogen (secondary N) is 2. The van der Waals surface area contributed by atoms with Gasteiger partial charge in [-0.2, -0.15) is 0 Å². The summed E-state index contributed by atoms with van der Waals surface area (Å²) in [5.41, 5.74) is 0. The lowest BCUT2D eigenvalue weighted by Gasteiger charge is -2.34. The minimum atomic E-state index is -0.134. The maximum atomic E-state index is 11.8. The molecule has 2 rings (SSSR count). The second kappa shape index (κ2) is 5.24. The molecule has 0 aromatic carbocycles. The Balaban J connectivity index is 2.06. The molecule has 1 aromatic rings. The van der Waals surface area contributed by atoms with E-state index in [1.807, 2.05) is 11.6 Å². The molecule has 94 valence electrons. The van der Waals surface area contributed by atoms with Gasteiger partial charge in [-0.05, 0) is 0 Å². The van der Waals surface area contributed by atoms with Gasteiger partial charge in [0.05, 0.1) is 6.54 Å². The number of amides is 1. The summed E-state index contributed by atoms with van der Waals surface area (Å²) in [7, 11) is 3.57. The van der Waals surface area contributed by atoms with Gasteiger partial charge in [-0.25, -0.2) is 0 Å². The SMILES string of the molecule is CNC(=O)C1CNCCN1Cc1nncn1C. The molecule has 0 saturated carbocycles. The molecular weight excluding hydrogens is 220 g/mol. The highest BCUT2D eigenvalue weighted by Crippen LogP contribution is 2.08. The van der Waals surface area contributed by atoms with Crippen LogP contribution in [0.1, 0.15) is 5.82 Å². The van der Waals surface area contributed by atoms with Crippen LogP contribution in [0.3, 0.4) is 0 Å². The quantitative estimate of drug-likeness (QED) is 0.659. The molecule has 1 saturated heterocycles. The van der Waals surface area contributed by atoms with Crippen molar-refractivity contribution in [3.8, 4) is 0 Å². The Morgan fingerprint density at radius 1 is 1.71 bits per heavy atom. The molecule has 1 amide bonds. The van der Waals surface area contributed by atoms with E-state index in [4.69, 9.17) is 0 Å². The van der Waals surface area contributed by atoms with Gasteiger partial charge in [0.15, 0.2) is 0 Å². The summed E-state index contributed by atoms with van der Waals surface area (Å²) in [4.78, 5) is 13.9. The summed E-state index contributed by atoms with van der Waals surface area (Å²) in [6.07, 6.45) is 1.67. The molecule has 2 heterocycles. The molecule has 1 aliphatic rings. The van der Waals surface area contributed by atoms with Crippen LogP contribution in [0.25, 0.3) is 0 Å². The molecule has 0 bridgehead atoms. The summed E-state index contributed by atoms with van der Waals surface area (Å²) in [6, 6.07) is -0.134. The van der Waals surface area contributed by atoms with E-state index in [1.165, 1.54) is 0 Å². The van der Waals surface area contributed by atoms with Crippen molar-refractivity contribution in [2.24, 2.45) is 7.05 Å². The molecule has 7 heteroatoms. The molecule has 1 fully saturated rings. The van der Waals surface area contributed by atoms with Crippen LogP contribution in [-0.4, -0.2) is 58.3 Å². The van der Waals surface area contributed by atoms with E-state index in [-0.39, 0.29) is 11.9 Å². The molecule has 2 N–H and O–H groups in total. The van der Waals surface area contributed by atoms with E-state index < -0.39 is 0 Å². The lowest BCUT2D eigenvalue weighted by atomic mass is 10.1. The van der Waals surface area contributed by atoms with Crippen LogP contribution in [0.15, 0.2) is 6.33 Å². The number of aromatic nitrogens is 3. The zero-order valence-electron chi connectivity index (χ0n) is 10.2. The van der Waals surface area contributed by atoms with Crippen LogP contribution in [0.4, 0.5) is 0 Å². The third-order valence-corrected chi connectivity index (χ3v) is 3.05. The van der Waals surface area contributed by atoms with Gasteiger partial charge in [0.2, 0.25) is 5.91 Å². The van der Waals surface area contributed by atoms with Crippen LogP contribution < -0.4 is 10.6 Å². The Bertz CT molecular complexity index is 390. The summed E-state index contributed by atoms with van der Waals surface area (Å²) in [5, 5.41) is 13.8. The van der Waals surface area contributed by atoms with Gasteiger partial charge < -0.3 is 15.2 Å². The fraction of sp³-hybridized carbons (Fsp3) is 0.700. The third kappa shape index (κ3) is 2.62. The van der Waals surface area contributed by atoms with E-state index in [2.05, 4.69) is 25.7 Å². The summed E-state index contributed by atoms with van der Waals surface area (Å²) >= 11 is 0. The van der Waals surface area contributed by atoms with Gasteiger partial charge >= 0.3 is 0 Å². The van der Waals surface area contributed by atoms with Gasteiger partial charge in [0.25, 0.3) is 0 Å². The minimum Gasteiger partial charge on any atom is -0.358 e. The highest BCUT2D eigenvalue weighted by molar-refractivity contribution is 5.81. The molecule has 0 spiro atoms. The summed E-state index contributed by atoms with van der Waals surface area (Å²) in [6.45, 7) is 3.06. The largest absolute Gasteiger partial charge is 0.358 e. The summed E-state index contributed by atoms with van der Waals surface area (Å²) in [5.74, 6) is 0.917. The lowest BCUT2D eigenvalue weighted by molar-refractivity contribution is -0.126. The van der Waals surface area contributed by atoms with Crippen molar-refractivity contribution in [3.05, 3.63) is 12.2 Å². The van der Waals surface area contributed by atoms with Crippen molar-refractivity contribution in [2.75, 3.05) is 26.7 Å². The number of hydrogen-bond donors (Lipinski definition) is 2. The molecular formula is C10H18N6O. The number of carbonyl (C=O) groups is 1. The zero-order chi connectivity index (χ0) is 12.3. The standard InChI is InChI=1S/C10H18N6O/c1-11-10(17)8-5-12-3-4-16(8)6-9-14-13-7-15(9)2/h7-8,12H,3-6H2,1-2H3,(H,11,17). The smallest absolute Gasteiger partial charge is 0.238 e. The van der Waals surface area contributed by atoms with Crippen LogP contribution in [0.2, 0.25) is 0 Å². The predicted molar refractivity (Wildman–Crippen MR) is 62.1 cm³/mol. The average molecular weight is 238 g/mol. The van der Waals surface area contributed by atoms with Crippen molar-refractivity contribution < 1.29 is 4.79 Å². The van der Waals surface area contributed by atoms with Gasteiger partial charge in [-0.3, -0.25) is 9.69 Å². The number of rotatable bonds is 3. The van der Waals surface area contributed by atoms with Gasteiger partial charge in [-0.1, -0.05) is 0 Å². The van der Waals surface area contributed by atoms with Crippen molar-refractivity contribution >= 4 is 5.91 Å². The van der Waals surface area contributed by atoms with Gasteiger partial charge in [0, 0.05) is 33.7 Å². The predicted octanol–water partition coefficient (Wildman–Crippen LogP) is -1.67. The van der Waals surface area contributed by atoms with Crippen LogP contribution in [0, 0.1) is 0 Å². The number of likely N-dealkylation sites (N-methyl/N-ethyl adjacent to an activating group) is 1. The normalized spacial score (nSPS) is 21.4. The number of piperazine rings is 1. The lowest BCUT2D eigenvalue weighted by Crippen LogP contribution is -2.57. The Hall–Kier alpha value is -1.47. The third-order valence-electron chi connectivity index (χ3n) is 3.05. The Labute approximate surface area is 100 Å². The number of nitrogens with zero attached hydrogens (tertiary/aromatic N) is 4. The molecule has 7 nitrogen and oxygen atoms in total. The average Bonchev–Trinajstić information content (AvgIpc) is 2.75. The number of carbonyl (C=O) groups excluding carboxylic acids is 1. The molecule has 17 heavy (non-hydrogen) atoms. The Morgan fingerprint density at radius 2 is 2.53 bits per heavy atom. The van der Waals surface area contributed by atoms with E-state index in [9.17, 15) is 4.79 Å². The van der Waals surface area contributed by atoms with E-state index in [0.717, 1.165) is 18.9 Å². The highest BCUT2D eigenvalue weighted by atomic mass is 16.2. The molecule has 1 aromatic heterocycles. The molecule has 0 aliphatic carbocycles.